The second-order valence-corrected chi connectivity index (χ2v) is 11.6. The van der Waals surface area contributed by atoms with E-state index < -0.39 is 44.8 Å². The summed E-state index contributed by atoms with van der Waals surface area (Å²) in [5.74, 6) is -1.90. The molecule has 34 heavy (non-hydrogen) atoms. The first kappa shape index (κ1) is 26.3. The molecule has 0 amide bonds. The van der Waals surface area contributed by atoms with Crippen LogP contribution in [0.3, 0.4) is 0 Å². The van der Waals surface area contributed by atoms with Crippen LogP contribution in [0.15, 0.2) is 47.4 Å². The number of carbonyl (C=O) groups is 2. The Balaban J connectivity index is 2.12. The third kappa shape index (κ3) is 5.85. The molecule has 1 aliphatic rings. The van der Waals surface area contributed by atoms with Crippen molar-refractivity contribution >= 4 is 32.4 Å². The average molecular weight is 489 g/mol. The molecule has 8 heteroatoms. The molecule has 3 rings (SSSR count). The molecule has 0 heterocycles. The number of fused-ring (bicyclic) bond motifs is 1. The van der Waals surface area contributed by atoms with Crippen LogP contribution in [0.4, 0.5) is 0 Å². The van der Waals surface area contributed by atoms with Gasteiger partial charge in [-0.3, -0.25) is 9.59 Å². The van der Waals surface area contributed by atoms with E-state index in [4.69, 9.17) is 11.5 Å². The molecular formula is C26H36N2O5S. The summed E-state index contributed by atoms with van der Waals surface area (Å²) in [5.41, 5.74) is 11.0. The van der Waals surface area contributed by atoms with Gasteiger partial charge < -0.3 is 16.6 Å². The number of nitrogens with two attached hydrogens (primary N) is 2. The van der Waals surface area contributed by atoms with E-state index in [1.807, 2.05) is 18.2 Å². The molecule has 0 radical (unpaired) electrons. The molecule has 2 unspecified atom stereocenters. The molecule has 1 fully saturated rings. The van der Waals surface area contributed by atoms with Crippen molar-refractivity contribution in [3.05, 3.63) is 42.5 Å². The highest BCUT2D eigenvalue weighted by atomic mass is 32.2. The zero-order chi connectivity index (χ0) is 24.8. The molecule has 0 aromatic heterocycles. The summed E-state index contributed by atoms with van der Waals surface area (Å²) in [6.07, 6.45) is 6.91. The number of hydrogen-bond donors (Lipinski definition) is 3. The number of ketones is 1. The number of rotatable bonds is 6. The van der Waals surface area contributed by atoms with Gasteiger partial charge in [0, 0.05) is 5.39 Å². The smallest absolute Gasteiger partial charge is 0.305 e. The second kappa shape index (κ2) is 11.4. The van der Waals surface area contributed by atoms with Crippen molar-refractivity contribution < 1.29 is 23.1 Å². The van der Waals surface area contributed by atoms with E-state index in [2.05, 4.69) is 0 Å². The van der Waals surface area contributed by atoms with Crippen LogP contribution in [0.1, 0.15) is 70.6 Å². The molecule has 0 bridgehead atoms. The van der Waals surface area contributed by atoms with Crippen molar-refractivity contribution in [2.45, 2.75) is 92.4 Å². The van der Waals surface area contributed by atoms with E-state index in [0.29, 0.717) is 18.2 Å². The first-order valence-electron chi connectivity index (χ1n) is 12.2. The van der Waals surface area contributed by atoms with E-state index >= 15 is 0 Å². The van der Waals surface area contributed by atoms with Gasteiger partial charge in [0.2, 0.25) is 0 Å². The van der Waals surface area contributed by atoms with Gasteiger partial charge in [-0.1, -0.05) is 87.8 Å². The summed E-state index contributed by atoms with van der Waals surface area (Å²) in [6.45, 7) is 0. The number of Topliss-reactive ketones (excluding diaryl/α,β-unsaturated/α-hetero) is 1. The number of carboxylic acids is 1. The molecule has 0 saturated heterocycles. The van der Waals surface area contributed by atoms with Gasteiger partial charge >= 0.3 is 5.97 Å². The highest BCUT2D eigenvalue weighted by Crippen LogP contribution is 2.36. The summed E-state index contributed by atoms with van der Waals surface area (Å²) < 4.78 is 28.4. The zero-order valence-corrected chi connectivity index (χ0v) is 20.4. The van der Waals surface area contributed by atoms with E-state index in [-0.39, 0.29) is 17.7 Å². The maximum absolute atomic E-state index is 14.2. The van der Waals surface area contributed by atoms with Crippen LogP contribution in [-0.4, -0.2) is 42.1 Å². The van der Waals surface area contributed by atoms with Crippen LogP contribution in [0.2, 0.25) is 0 Å². The Kier molecular flexibility index (Phi) is 8.84. The van der Waals surface area contributed by atoms with E-state index in [1.54, 1.807) is 24.3 Å². The fraction of sp³-hybridized carbons (Fsp3) is 0.538. The third-order valence-electron chi connectivity index (χ3n) is 7.00. The Morgan fingerprint density at radius 3 is 2.21 bits per heavy atom. The number of aliphatic carboxylic acids is 1. The summed E-state index contributed by atoms with van der Waals surface area (Å²) >= 11 is 0. The van der Waals surface area contributed by atoms with E-state index in [1.165, 1.54) is 0 Å². The molecule has 7 nitrogen and oxygen atoms in total. The van der Waals surface area contributed by atoms with Crippen molar-refractivity contribution in [3.63, 3.8) is 0 Å². The fourth-order valence-corrected chi connectivity index (χ4v) is 7.50. The van der Waals surface area contributed by atoms with Crippen LogP contribution in [-0.2, 0) is 19.4 Å². The lowest BCUT2D eigenvalue weighted by atomic mass is 9.79. The van der Waals surface area contributed by atoms with Gasteiger partial charge in [0.25, 0.3) is 0 Å². The van der Waals surface area contributed by atoms with Crippen LogP contribution in [0.5, 0.6) is 0 Å². The third-order valence-corrected chi connectivity index (χ3v) is 9.38. The van der Waals surface area contributed by atoms with Gasteiger partial charge in [0.15, 0.2) is 15.6 Å². The number of carboxylic acid groups (broad SMARTS) is 1. The Labute approximate surface area is 201 Å². The van der Waals surface area contributed by atoms with Crippen molar-refractivity contribution in [2.75, 3.05) is 0 Å². The molecule has 2 aromatic rings. The average Bonchev–Trinajstić information content (AvgIpc) is 2.79. The first-order valence-corrected chi connectivity index (χ1v) is 13.7. The van der Waals surface area contributed by atoms with Crippen molar-refractivity contribution in [2.24, 2.45) is 11.5 Å². The molecule has 3 atom stereocenters. The van der Waals surface area contributed by atoms with Gasteiger partial charge in [-0.15, -0.1) is 0 Å². The topological polar surface area (TPSA) is 141 Å². The summed E-state index contributed by atoms with van der Waals surface area (Å²) in [7, 11) is -4.04. The Morgan fingerprint density at radius 1 is 0.941 bits per heavy atom. The minimum Gasteiger partial charge on any atom is -0.481 e. The van der Waals surface area contributed by atoms with Crippen molar-refractivity contribution in [1.82, 2.24) is 0 Å². The molecule has 186 valence electrons. The standard InChI is InChI=1S/C26H36N2O5S/c27-21(18-24(29)30)25(31)26(28)17-10-6-4-2-1-3-5-7-16-23(26)34(32,33)22-15-11-13-19-12-8-9-14-20(19)22/h8-9,11-15,21,23H,1-7,10,16-18,27-28H2,(H,29,30)/t21-,23?,26?/m0/s1. The molecule has 1 saturated carbocycles. The van der Waals surface area contributed by atoms with Gasteiger partial charge in [0.05, 0.1) is 28.1 Å². The SMILES string of the molecule is N[C@@H](CC(=O)O)C(=O)C1(N)CCCCCCCCCCC1S(=O)(=O)c1cccc2ccccc12. The predicted molar refractivity (Wildman–Crippen MR) is 133 cm³/mol. The minimum absolute atomic E-state index is 0.150. The fourth-order valence-electron chi connectivity index (χ4n) is 5.16. The Hall–Kier alpha value is -2.29. The number of hydrogen-bond acceptors (Lipinski definition) is 6. The first-order chi connectivity index (χ1) is 16.2. The Bertz CT molecular complexity index is 1110. The minimum atomic E-state index is -4.04. The summed E-state index contributed by atoms with van der Waals surface area (Å²) in [6, 6.07) is 11.0. The maximum atomic E-state index is 14.2. The van der Waals surface area contributed by atoms with Crippen LogP contribution < -0.4 is 11.5 Å². The van der Waals surface area contributed by atoms with Gasteiger partial charge in [-0.2, -0.15) is 0 Å². The van der Waals surface area contributed by atoms with Crippen LogP contribution >= 0.6 is 0 Å². The summed E-state index contributed by atoms with van der Waals surface area (Å²) in [4.78, 5) is 25.0. The second-order valence-electron chi connectivity index (χ2n) is 9.49. The summed E-state index contributed by atoms with van der Waals surface area (Å²) in [5, 5.41) is 9.38. The van der Waals surface area contributed by atoms with Crippen molar-refractivity contribution in [1.29, 1.82) is 0 Å². The van der Waals surface area contributed by atoms with Gasteiger partial charge in [0.1, 0.15) is 0 Å². The lowest BCUT2D eigenvalue weighted by molar-refractivity contribution is -0.140. The molecule has 1 aliphatic carbocycles. The highest BCUT2D eigenvalue weighted by molar-refractivity contribution is 7.92. The van der Waals surface area contributed by atoms with E-state index in [0.717, 1.165) is 43.9 Å². The van der Waals surface area contributed by atoms with Crippen LogP contribution in [0, 0.1) is 0 Å². The Morgan fingerprint density at radius 2 is 1.53 bits per heavy atom. The lowest BCUT2D eigenvalue weighted by Crippen LogP contribution is -2.64. The van der Waals surface area contributed by atoms with Gasteiger partial charge in [-0.05, 0) is 24.3 Å². The molecule has 2 aromatic carbocycles. The predicted octanol–water partition coefficient (Wildman–Crippen LogP) is 3.97. The number of sulfone groups is 1. The molecule has 5 N–H and O–H groups in total. The monoisotopic (exact) mass is 488 g/mol. The quantitative estimate of drug-likeness (QED) is 0.559. The molecule has 0 aliphatic heterocycles. The lowest BCUT2D eigenvalue weighted by Gasteiger charge is -2.38. The molecular weight excluding hydrogens is 452 g/mol. The largest absolute Gasteiger partial charge is 0.481 e. The maximum Gasteiger partial charge on any atom is 0.305 e. The number of benzene rings is 2. The molecule has 0 spiro atoms. The van der Waals surface area contributed by atoms with Crippen LogP contribution in [0.25, 0.3) is 10.8 Å². The van der Waals surface area contributed by atoms with E-state index in [9.17, 15) is 23.1 Å². The number of carbonyl (C=O) groups excluding carboxylic acids is 1. The van der Waals surface area contributed by atoms with Gasteiger partial charge in [-0.25, -0.2) is 8.42 Å². The van der Waals surface area contributed by atoms with Crippen molar-refractivity contribution in [3.8, 4) is 0 Å². The normalized spacial score (nSPS) is 24.0. The highest BCUT2D eigenvalue weighted by Gasteiger charge is 2.50. The zero-order valence-electron chi connectivity index (χ0n) is 19.6.